The highest BCUT2D eigenvalue weighted by molar-refractivity contribution is 5.27. The van der Waals surface area contributed by atoms with E-state index in [-0.39, 0.29) is 11.9 Å². The fraction of sp³-hybridized carbons (Fsp3) is 0.440. The molecule has 0 aliphatic carbocycles. The standard InChI is InChI=1S/C25H33F2N3O/c1-18(2)17-31-23-10-6-20(7-11-23)14-29-19(3)30(25-12-13-28-15-24(25)27)16-21-4-8-22(26)9-5-21/h4-11,18,24-25,28-29H,3,12-17H2,1-2H3. The van der Waals surface area contributed by atoms with E-state index in [4.69, 9.17) is 4.74 Å². The van der Waals surface area contributed by atoms with Gasteiger partial charge in [-0.05, 0) is 54.3 Å². The van der Waals surface area contributed by atoms with Crippen molar-refractivity contribution in [3.8, 4) is 5.75 Å². The number of ether oxygens (including phenoxy) is 1. The molecule has 0 bridgehead atoms. The Morgan fingerprint density at radius 2 is 1.84 bits per heavy atom. The van der Waals surface area contributed by atoms with Gasteiger partial charge in [-0.15, -0.1) is 0 Å². The molecule has 4 nitrogen and oxygen atoms in total. The number of hydrogen-bond donors (Lipinski definition) is 2. The average molecular weight is 430 g/mol. The van der Waals surface area contributed by atoms with Crippen molar-refractivity contribution in [2.24, 2.45) is 5.92 Å². The topological polar surface area (TPSA) is 36.5 Å². The van der Waals surface area contributed by atoms with E-state index in [9.17, 15) is 8.78 Å². The van der Waals surface area contributed by atoms with Gasteiger partial charge in [0.25, 0.3) is 0 Å². The van der Waals surface area contributed by atoms with Crippen molar-refractivity contribution in [2.75, 3.05) is 19.7 Å². The van der Waals surface area contributed by atoms with Gasteiger partial charge < -0.3 is 20.3 Å². The van der Waals surface area contributed by atoms with Gasteiger partial charge in [-0.1, -0.05) is 44.7 Å². The van der Waals surface area contributed by atoms with Crippen LogP contribution in [0.2, 0.25) is 0 Å². The number of hydrogen-bond acceptors (Lipinski definition) is 4. The molecule has 0 aromatic heterocycles. The molecule has 1 fully saturated rings. The molecule has 6 heteroatoms. The molecule has 1 heterocycles. The van der Waals surface area contributed by atoms with Gasteiger partial charge in [-0.3, -0.25) is 0 Å². The van der Waals surface area contributed by atoms with Gasteiger partial charge >= 0.3 is 0 Å². The molecule has 1 aliphatic rings. The summed E-state index contributed by atoms with van der Waals surface area (Å²) < 4.78 is 33.8. The lowest BCUT2D eigenvalue weighted by Crippen LogP contribution is -2.51. The molecule has 2 aromatic rings. The van der Waals surface area contributed by atoms with Gasteiger partial charge in [0.15, 0.2) is 0 Å². The summed E-state index contributed by atoms with van der Waals surface area (Å²) in [7, 11) is 0. The van der Waals surface area contributed by atoms with Crippen LogP contribution < -0.4 is 15.4 Å². The third-order valence-corrected chi connectivity index (χ3v) is 5.39. The Morgan fingerprint density at radius 1 is 1.16 bits per heavy atom. The molecular weight excluding hydrogens is 396 g/mol. The first-order valence-electron chi connectivity index (χ1n) is 10.9. The Balaban J connectivity index is 1.64. The SMILES string of the molecule is C=C(NCc1ccc(OCC(C)C)cc1)N(Cc1ccc(F)cc1)C1CCNCC1F. The Labute approximate surface area is 184 Å². The third kappa shape index (κ3) is 6.96. The highest BCUT2D eigenvalue weighted by atomic mass is 19.1. The van der Waals surface area contributed by atoms with Gasteiger partial charge in [0.05, 0.1) is 18.5 Å². The minimum absolute atomic E-state index is 0.279. The molecule has 3 rings (SSSR count). The molecule has 1 saturated heterocycles. The van der Waals surface area contributed by atoms with Crippen molar-refractivity contribution in [3.05, 3.63) is 77.9 Å². The van der Waals surface area contributed by atoms with E-state index >= 15 is 0 Å². The van der Waals surface area contributed by atoms with Crippen LogP contribution in [-0.4, -0.2) is 36.8 Å². The van der Waals surface area contributed by atoms with Gasteiger partial charge in [0, 0.05) is 19.6 Å². The molecule has 0 spiro atoms. The van der Waals surface area contributed by atoms with E-state index in [1.165, 1.54) is 12.1 Å². The van der Waals surface area contributed by atoms with Crippen LogP contribution in [0.25, 0.3) is 0 Å². The number of alkyl halides is 1. The van der Waals surface area contributed by atoms with Crippen LogP contribution in [0.5, 0.6) is 5.75 Å². The highest BCUT2D eigenvalue weighted by Gasteiger charge is 2.31. The van der Waals surface area contributed by atoms with Crippen molar-refractivity contribution in [3.63, 3.8) is 0 Å². The summed E-state index contributed by atoms with van der Waals surface area (Å²) >= 11 is 0. The lowest BCUT2D eigenvalue weighted by molar-refractivity contribution is 0.0996. The van der Waals surface area contributed by atoms with Crippen LogP contribution in [0.3, 0.4) is 0 Å². The third-order valence-electron chi connectivity index (χ3n) is 5.39. The van der Waals surface area contributed by atoms with Crippen molar-refractivity contribution in [2.45, 2.75) is 45.6 Å². The number of piperidine rings is 1. The molecule has 168 valence electrons. The zero-order chi connectivity index (χ0) is 22.2. The number of nitrogens with one attached hydrogen (secondary N) is 2. The summed E-state index contributed by atoms with van der Waals surface area (Å²) in [6, 6.07) is 14.0. The average Bonchev–Trinajstić information content (AvgIpc) is 2.77. The number of benzene rings is 2. The predicted molar refractivity (Wildman–Crippen MR) is 121 cm³/mol. The summed E-state index contributed by atoms with van der Waals surface area (Å²) in [5.41, 5.74) is 2.00. The summed E-state index contributed by atoms with van der Waals surface area (Å²) in [4.78, 5) is 1.97. The zero-order valence-corrected chi connectivity index (χ0v) is 18.4. The van der Waals surface area contributed by atoms with E-state index in [0.29, 0.717) is 44.4 Å². The minimum atomic E-state index is -0.995. The molecule has 2 N–H and O–H groups in total. The lowest BCUT2D eigenvalue weighted by Gasteiger charge is -2.39. The normalized spacial score (nSPS) is 18.6. The van der Waals surface area contributed by atoms with Crippen molar-refractivity contribution < 1.29 is 13.5 Å². The molecule has 2 aromatic carbocycles. The maximum Gasteiger partial charge on any atom is 0.133 e. The van der Waals surface area contributed by atoms with Crippen LogP contribution in [0.15, 0.2) is 60.9 Å². The number of nitrogens with zero attached hydrogens (tertiary/aromatic N) is 1. The Hall–Kier alpha value is -2.60. The van der Waals surface area contributed by atoms with Gasteiger partial charge in [0.1, 0.15) is 17.7 Å². The van der Waals surface area contributed by atoms with Gasteiger partial charge in [0.2, 0.25) is 0 Å². The Bertz CT molecular complexity index is 824. The Kier molecular flexibility index (Phi) is 8.29. The largest absolute Gasteiger partial charge is 0.493 e. The minimum Gasteiger partial charge on any atom is -0.493 e. The maximum absolute atomic E-state index is 14.7. The van der Waals surface area contributed by atoms with Gasteiger partial charge in [-0.25, -0.2) is 8.78 Å². The van der Waals surface area contributed by atoms with E-state index in [1.807, 2.05) is 29.2 Å². The molecule has 2 unspecified atom stereocenters. The van der Waals surface area contributed by atoms with Crippen LogP contribution >= 0.6 is 0 Å². The van der Waals surface area contributed by atoms with Crippen molar-refractivity contribution in [1.82, 2.24) is 15.5 Å². The quantitative estimate of drug-likeness (QED) is 0.578. The predicted octanol–water partition coefficient (Wildman–Crippen LogP) is 4.62. The molecule has 1 aliphatic heterocycles. The van der Waals surface area contributed by atoms with Crippen LogP contribution in [0, 0.1) is 11.7 Å². The summed E-state index contributed by atoms with van der Waals surface area (Å²) in [5, 5.41) is 6.44. The second-order valence-corrected chi connectivity index (χ2v) is 8.48. The summed E-state index contributed by atoms with van der Waals surface area (Å²) in [5.74, 6) is 1.72. The van der Waals surface area contributed by atoms with Crippen molar-refractivity contribution >= 4 is 0 Å². The zero-order valence-electron chi connectivity index (χ0n) is 18.4. The molecule has 2 atom stereocenters. The number of halogens is 2. The van der Waals surface area contributed by atoms with Crippen molar-refractivity contribution in [1.29, 1.82) is 0 Å². The first-order valence-corrected chi connectivity index (χ1v) is 10.9. The fourth-order valence-electron chi connectivity index (χ4n) is 3.63. The maximum atomic E-state index is 14.7. The monoisotopic (exact) mass is 429 g/mol. The molecule has 31 heavy (non-hydrogen) atoms. The fourth-order valence-corrected chi connectivity index (χ4v) is 3.63. The van der Waals surface area contributed by atoms with Crippen LogP contribution in [0.1, 0.15) is 31.4 Å². The van der Waals surface area contributed by atoms with E-state index in [0.717, 1.165) is 23.4 Å². The smallest absolute Gasteiger partial charge is 0.133 e. The second kappa shape index (κ2) is 11.1. The van der Waals surface area contributed by atoms with Gasteiger partial charge in [-0.2, -0.15) is 0 Å². The second-order valence-electron chi connectivity index (χ2n) is 8.48. The van der Waals surface area contributed by atoms with Crippen LogP contribution in [-0.2, 0) is 13.1 Å². The van der Waals surface area contributed by atoms with E-state index in [2.05, 4.69) is 31.1 Å². The summed E-state index contributed by atoms with van der Waals surface area (Å²) in [6.45, 7) is 11.2. The molecule has 0 amide bonds. The number of rotatable bonds is 10. The molecule has 0 saturated carbocycles. The highest BCUT2D eigenvalue weighted by Crippen LogP contribution is 2.22. The Morgan fingerprint density at radius 3 is 2.48 bits per heavy atom. The van der Waals surface area contributed by atoms with E-state index in [1.54, 1.807) is 12.1 Å². The molecule has 0 radical (unpaired) electrons. The molecular formula is C25H33F2N3O. The van der Waals surface area contributed by atoms with Crippen LogP contribution in [0.4, 0.5) is 8.78 Å². The lowest BCUT2D eigenvalue weighted by atomic mass is 10.0. The van der Waals surface area contributed by atoms with E-state index < -0.39 is 6.17 Å². The summed E-state index contributed by atoms with van der Waals surface area (Å²) in [6.07, 6.45) is -0.310. The first kappa shape index (κ1) is 23.1. The first-order chi connectivity index (χ1) is 14.9.